The van der Waals surface area contributed by atoms with Crippen LogP contribution in [-0.4, -0.2) is 84.5 Å². The van der Waals surface area contributed by atoms with E-state index in [0.717, 1.165) is 12.2 Å². The first-order valence-corrected chi connectivity index (χ1v) is 13.3. The normalized spacial score (nSPS) is 14.8. The number of carboxylic acid groups (broad SMARTS) is 1. The molecule has 0 amide bonds. The van der Waals surface area contributed by atoms with Gasteiger partial charge >= 0.3 is 12.1 Å². The number of thioether (sulfide) groups is 2. The molecule has 0 radical (unpaired) electrons. The molecular formula is C21H41N2O6S2+. The molecule has 0 aromatic heterocycles. The highest BCUT2D eigenvalue weighted by Crippen LogP contribution is 2.10. The van der Waals surface area contributed by atoms with E-state index >= 15 is 0 Å². The average molecular weight is 482 g/mol. The van der Waals surface area contributed by atoms with Gasteiger partial charge in [0.1, 0.15) is 18.5 Å². The number of rotatable bonds is 7. The molecule has 2 aliphatic rings. The van der Waals surface area contributed by atoms with Crippen LogP contribution >= 0.6 is 23.5 Å². The Balaban J connectivity index is -0.000000328. The maximum Gasteiger partial charge on any atom is 0.373 e. The second-order valence-electron chi connectivity index (χ2n) is 6.82. The van der Waals surface area contributed by atoms with Crippen LogP contribution in [-0.2, 0) is 24.0 Å². The zero-order valence-corrected chi connectivity index (χ0v) is 20.9. The Kier molecular flexibility index (Phi) is 34.4. The summed E-state index contributed by atoms with van der Waals surface area (Å²) in [5, 5.41) is 10.1. The highest BCUT2D eigenvalue weighted by atomic mass is 32.2. The summed E-state index contributed by atoms with van der Waals surface area (Å²) in [5.74, 6) is 1.41. The summed E-state index contributed by atoms with van der Waals surface area (Å²) >= 11 is 3.64. The van der Waals surface area contributed by atoms with E-state index in [9.17, 15) is 14.4 Å². The predicted molar refractivity (Wildman–Crippen MR) is 126 cm³/mol. The van der Waals surface area contributed by atoms with Gasteiger partial charge in [0, 0.05) is 12.3 Å². The van der Waals surface area contributed by atoms with E-state index in [1.165, 1.54) is 70.6 Å². The van der Waals surface area contributed by atoms with Crippen molar-refractivity contribution in [3.05, 3.63) is 0 Å². The zero-order valence-electron chi connectivity index (χ0n) is 19.3. The fraction of sp³-hybridized carbons (Fsp3) is 0.810. The van der Waals surface area contributed by atoms with Crippen LogP contribution in [0.25, 0.3) is 0 Å². The third-order valence-corrected chi connectivity index (χ3v) is 5.23. The van der Waals surface area contributed by atoms with Crippen LogP contribution in [0.2, 0.25) is 0 Å². The molecule has 2 aliphatic heterocycles. The number of carbonyl (C=O) groups is 3. The molecule has 0 saturated carbocycles. The molecule has 3 N–H and O–H groups in total. The minimum Gasteiger partial charge on any atom is -0.481 e. The topological polar surface area (TPSA) is 125 Å². The molecule has 8 nitrogen and oxygen atoms in total. The van der Waals surface area contributed by atoms with E-state index < -0.39 is 5.97 Å². The largest absolute Gasteiger partial charge is 0.481 e. The maximum absolute atomic E-state index is 10.2. The molecule has 2 saturated heterocycles. The van der Waals surface area contributed by atoms with Crippen LogP contribution in [0.15, 0.2) is 0 Å². The van der Waals surface area contributed by atoms with E-state index in [1.807, 2.05) is 18.0 Å². The number of Topliss-reactive ketones (excluding diaryl/α,β-unsaturated/α-hetero) is 1. The molecule has 0 spiro atoms. The van der Waals surface area contributed by atoms with Gasteiger partial charge < -0.3 is 15.2 Å². The number of aldehydes is 1. The molecule has 10 heteroatoms. The Morgan fingerprint density at radius 2 is 1.52 bits per heavy atom. The van der Waals surface area contributed by atoms with Crippen LogP contribution < -0.4 is 5.32 Å². The van der Waals surface area contributed by atoms with Crippen LogP contribution in [0, 0.1) is 0 Å². The van der Waals surface area contributed by atoms with Crippen molar-refractivity contribution in [2.24, 2.45) is 0 Å². The van der Waals surface area contributed by atoms with Crippen molar-refractivity contribution in [3.63, 3.8) is 0 Å². The lowest BCUT2D eigenvalue weighted by Gasteiger charge is -2.25. The highest BCUT2D eigenvalue weighted by Gasteiger charge is 2.07. The second kappa shape index (κ2) is 31.0. The van der Waals surface area contributed by atoms with Crippen molar-refractivity contribution in [1.29, 1.82) is 0 Å². The third kappa shape index (κ3) is 39.8. The van der Waals surface area contributed by atoms with Gasteiger partial charge in [-0.1, -0.05) is 6.42 Å². The number of carbonyl (C=O) groups excluding carboxylic acids is 4. The number of carboxylic acids is 1. The van der Waals surface area contributed by atoms with E-state index in [1.54, 1.807) is 18.7 Å². The van der Waals surface area contributed by atoms with Crippen molar-refractivity contribution in [2.75, 3.05) is 50.3 Å². The lowest BCUT2D eigenvalue weighted by atomic mass is 10.1. The number of hydrogen-bond donors (Lipinski definition) is 2. The summed E-state index contributed by atoms with van der Waals surface area (Å²) in [7, 11) is 0. The van der Waals surface area contributed by atoms with E-state index in [2.05, 4.69) is 16.5 Å². The number of piperidine rings is 2. The quantitative estimate of drug-likeness (QED) is 0.414. The Labute approximate surface area is 195 Å². The molecule has 0 bridgehead atoms. The van der Waals surface area contributed by atoms with Crippen LogP contribution in [0.4, 0.5) is 0 Å². The Bertz CT molecular complexity index is 437. The van der Waals surface area contributed by atoms with Crippen molar-refractivity contribution >= 4 is 47.7 Å². The van der Waals surface area contributed by atoms with Crippen LogP contribution in [0.1, 0.15) is 58.3 Å². The predicted octanol–water partition coefficient (Wildman–Crippen LogP) is 1.93. The minimum atomic E-state index is -1.08. The molecule has 0 aromatic rings. The molecular weight excluding hydrogens is 440 g/mol. The van der Waals surface area contributed by atoms with Gasteiger partial charge in [-0.25, -0.2) is 0 Å². The van der Waals surface area contributed by atoms with Gasteiger partial charge in [0.05, 0.1) is 13.1 Å². The SMILES string of the molecule is C1CC[NH2+]CC1.CSCCC(C)=O.CSCN1CCCCC1.O=C=O.O=CCC(=O)O. The number of aliphatic carboxylic acids is 1. The molecule has 0 aromatic carbocycles. The first-order chi connectivity index (χ1) is 14.9. The molecule has 0 unspecified atom stereocenters. The summed E-state index contributed by atoms with van der Waals surface area (Å²) in [5.41, 5.74) is 0. The van der Waals surface area contributed by atoms with Crippen LogP contribution in [0.5, 0.6) is 0 Å². The van der Waals surface area contributed by atoms with Crippen molar-refractivity contribution in [3.8, 4) is 0 Å². The van der Waals surface area contributed by atoms with Gasteiger partial charge in [0.2, 0.25) is 0 Å². The summed E-state index contributed by atoms with van der Waals surface area (Å²) in [4.78, 5) is 47.6. The van der Waals surface area contributed by atoms with E-state index in [4.69, 9.17) is 14.7 Å². The second-order valence-corrected chi connectivity index (χ2v) is 8.64. The van der Waals surface area contributed by atoms with E-state index in [0.29, 0.717) is 6.29 Å². The monoisotopic (exact) mass is 481 g/mol. The van der Waals surface area contributed by atoms with Gasteiger partial charge in [-0.2, -0.15) is 21.4 Å². The number of nitrogens with two attached hydrogens (primary N) is 1. The Hall–Kier alpha value is -1.19. The maximum atomic E-state index is 10.2. The lowest BCUT2D eigenvalue weighted by molar-refractivity contribution is -0.662. The molecule has 2 heterocycles. The summed E-state index contributed by atoms with van der Waals surface area (Å²) in [6.45, 7) is 7.04. The number of hydrogen-bond acceptors (Lipinski definition) is 8. The zero-order chi connectivity index (χ0) is 24.2. The van der Waals surface area contributed by atoms with Gasteiger partial charge in [0.25, 0.3) is 0 Å². The lowest BCUT2D eigenvalue weighted by Crippen LogP contribution is -2.85. The third-order valence-electron chi connectivity index (χ3n) is 3.99. The average Bonchev–Trinajstić information content (AvgIpc) is 2.76. The van der Waals surface area contributed by atoms with Gasteiger partial charge in [-0.15, -0.1) is 11.8 Å². The molecule has 31 heavy (non-hydrogen) atoms. The van der Waals surface area contributed by atoms with Crippen molar-refractivity contribution in [1.82, 2.24) is 4.90 Å². The van der Waals surface area contributed by atoms with Crippen LogP contribution in [0.3, 0.4) is 0 Å². The molecule has 2 rings (SSSR count). The fourth-order valence-corrected chi connectivity index (χ4v) is 3.60. The van der Waals surface area contributed by atoms with Gasteiger partial charge in [-0.3, -0.25) is 14.5 Å². The summed E-state index contributed by atoms with van der Waals surface area (Å²) < 4.78 is 0. The summed E-state index contributed by atoms with van der Waals surface area (Å²) in [6.07, 6.45) is 13.8. The van der Waals surface area contributed by atoms with Crippen molar-refractivity contribution in [2.45, 2.75) is 58.3 Å². The van der Waals surface area contributed by atoms with Gasteiger partial charge in [-0.05, 0) is 70.4 Å². The smallest absolute Gasteiger partial charge is 0.373 e. The number of ketones is 1. The molecule has 2 fully saturated rings. The molecule has 0 aliphatic carbocycles. The summed E-state index contributed by atoms with van der Waals surface area (Å²) in [6, 6.07) is 0. The molecule has 0 atom stereocenters. The minimum absolute atomic E-state index is 0.250. The van der Waals surface area contributed by atoms with Crippen molar-refractivity contribution < 1.29 is 34.4 Å². The highest BCUT2D eigenvalue weighted by molar-refractivity contribution is 7.98. The number of nitrogens with zero attached hydrogens (tertiary/aromatic N) is 1. The standard InChI is InChI=1S/C7H15NS.C5H11N.C5H10OS.C3H4O3.CO2/c1-9-7-8-5-3-2-4-6-8;1-2-4-6-5-3-1;1-5(6)3-4-7-2;4-2-1-3(5)6;2-1-3/h2-7H2,1H3;6H,1-5H2;3-4H2,1-2H3;2H,1H2,(H,5,6);/p+1. The fourth-order valence-electron chi connectivity index (χ4n) is 2.49. The Morgan fingerprint density at radius 1 is 1.00 bits per heavy atom. The van der Waals surface area contributed by atoms with Gasteiger partial charge in [0.15, 0.2) is 0 Å². The first kappa shape index (κ1) is 34.4. The number of likely N-dealkylation sites (tertiary alicyclic amines) is 1. The number of quaternary nitrogens is 1. The van der Waals surface area contributed by atoms with E-state index in [-0.39, 0.29) is 18.4 Å². The molecule has 182 valence electrons. The first-order valence-electron chi connectivity index (χ1n) is 10.6. The Morgan fingerprint density at radius 3 is 1.74 bits per heavy atom.